The number of rotatable bonds is 4. The van der Waals surface area contributed by atoms with Gasteiger partial charge in [0.05, 0.1) is 0 Å². The summed E-state index contributed by atoms with van der Waals surface area (Å²) < 4.78 is 0. The van der Waals surface area contributed by atoms with E-state index in [1.165, 1.54) is 32.1 Å². The number of hydrogen-bond donors (Lipinski definition) is 0. The van der Waals surface area contributed by atoms with Crippen molar-refractivity contribution in [2.75, 3.05) is 0 Å². The molecule has 0 aromatic rings. The smallest absolute Gasteiger partial charge is 0.0357 e. The Labute approximate surface area is 87.1 Å². The molecule has 0 unspecified atom stereocenters. The summed E-state index contributed by atoms with van der Waals surface area (Å²) in [6.07, 6.45) is 6.68. The predicted molar refractivity (Wildman–Crippen MR) is 66.3 cm³/mol. The largest absolute Gasteiger partial charge is 0.0776 e. The summed E-state index contributed by atoms with van der Waals surface area (Å²) in [5.74, 6) is 0. The molecule has 84 valence electrons. The van der Waals surface area contributed by atoms with Crippen LogP contribution in [0.3, 0.4) is 0 Å². The Bertz CT molecular complexity index is 72.1. The van der Waals surface area contributed by atoms with Crippen LogP contribution in [0.25, 0.3) is 0 Å². The van der Waals surface area contributed by atoms with Gasteiger partial charge in [0.15, 0.2) is 0 Å². The fourth-order valence-electron chi connectivity index (χ4n) is 0.832. The van der Waals surface area contributed by atoms with E-state index in [2.05, 4.69) is 41.5 Å². The lowest BCUT2D eigenvalue weighted by Gasteiger charge is -2.21. The molecule has 13 heavy (non-hydrogen) atoms. The van der Waals surface area contributed by atoms with Crippen LogP contribution in [0, 0.1) is 5.41 Å². The van der Waals surface area contributed by atoms with Crippen LogP contribution in [-0.2, 0) is 0 Å². The van der Waals surface area contributed by atoms with Crippen molar-refractivity contribution in [1.29, 1.82) is 0 Å². The van der Waals surface area contributed by atoms with Crippen LogP contribution in [0.1, 0.15) is 81.1 Å². The normalized spacial score (nSPS) is 9.69. The molecule has 0 aromatic carbocycles. The molecule has 0 bridgehead atoms. The fourth-order valence-corrected chi connectivity index (χ4v) is 0.832. The highest BCUT2D eigenvalue weighted by molar-refractivity contribution is 4.64. The van der Waals surface area contributed by atoms with Crippen molar-refractivity contribution >= 4 is 0 Å². The highest BCUT2D eigenvalue weighted by atomic mass is 14.2. The summed E-state index contributed by atoms with van der Waals surface area (Å²) >= 11 is 0. The fraction of sp³-hybridized carbons (Fsp3) is 1.00. The maximum absolute atomic E-state index is 2.35. The molecule has 0 saturated heterocycles. The number of unbranched alkanes of at least 4 members (excludes halogenated alkanes) is 1. The van der Waals surface area contributed by atoms with E-state index in [0.29, 0.717) is 5.41 Å². The van der Waals surface area contributed by atoms with E-state index < -0.39 is 0 Å². The summed E-state index contributed by atoms with van der Waals surface area (Å²) in [5.41, 5.74) is 0.593. The third kappa shape index (κ3) is 18.8. The zero-order valence-electron chi connectivity index (χ0n) is 10.0. The first-order valence-corrected chi connectivity index (χ1v) is 5.54. The van der Waals surface area contributed by atoms with Gasteiger partial charge in [0.25, 0.3) is 0 Å². The lowest BCUT2D eigenvalue weighted by atomic mass is 9.85. The Morgan fingerprint density at radius 1 is 0.923 bits per heavy atom. The van der Waals surface area contributed by atoms with Crippen LogP contribution >= 0.6 is 0 Å². The van der Waals surface area contributed by atoms with E-state index in [-0.39, 0.29) is 7.43 Å². The van der Waals surface area contributed by atoms with Crippen LogP contribution in [-0.4, -0.2) is 0 Å². The number of hydrogen-bond acceptors (Lipinski definition) is 0. The quantitative estimate of drug-likeness (QED) is 0.533. The van der Waals surface area contributed by atoms with Gasteiger partial charge in [-0.25, -0.2) is 0 Å². The Hall–Kier alpha value is 0. The minimum Gasteiger partial charge on any atom is -0.0776 e. The van der Waals surface area contributed by atoms with Crippen LogP contribution in [0.5, 0.6) is 0 Å². The molecule has 0 aromatic heterocycles. The van der Waals surface area contributed by atoms with Gasteiger partial charge in [0.2, 0.25) is 0 Å². The molecule has 0 spiro atoms. The molecule has 0 heterocycles. The molecule has 0 heteroatoms. The average molecular weight is 188 g/mol. The molecule has 0 aliphatic carbocycles. The molecule has 0 aliphatic rings. The van der Waals surface area contributed by atoms with Crippen molar-refractivity contribution in [1.82, 2.24) is 0 Å². The van der Waals surface area contributed by atoms with E-state index in [1.807, 2.05) is 0 Å². The van der Waals surface area contributed by atoms with Gasteiger partial charge in [0, 0.05) is 0 Å². The minimum atomic E-state index is 0. The van der Waals surface area contributed by atoms with Crippen molar-refractivity contribution in [3.05, 3.63) is 0 Å². The van der Waals surface area contributed by atoms with Gasteiger partial charge in [-0.1, -0.05) is 74.7 Å². The monoisotopic (exact) mass is 188 g/mol. The van der Waals surface area contributed by atoms with E-state index in [1.54, 1.807) is 0 Å². The summed E-state index contributed by atoms with van der Waals surface area (Å²) in [4.78, 5) is 0. The molecule has 0 amide bonds. The minimum absolute atomic E-state index is 0. The van der Waals surface area contributed by atoms with Gasteiger partial charge >= 0.3 is 0 Å². The maximum atomic E-state index is 2.35. The summed E-state index contributed by atoms with van der Waals surface area (Å²) in [5, 5.41) is 0. The van der Waals surface area contributed by atoms with Gasteiger partial charge < -0.3 is 0 Å². The van der Waals surface area contributed by atoms with E-state index in [0.717, 1.165) is 0 Å². The van der Waals surface area contributed by atoms with Crippen LogP contribution in [0.2, 0.25) is 0 Å². The average Bonchev–Trinajstić information content (AvgIpc) is 2.03. The van der Waals surface area contributed by atoms with Gasteiger partial charge in [0.1, 0.15) is 0 Å². The van der Waals surface area contributed by atoms with Crippen LogP contribution in [0.15, 0.2) is 0 Å². The first-order valence-electron chi connectivity index (χ1n) is 5.54. The summed E-state index contributed by atoms with van der Waals surface area (Å²) in [7, 11) is 0. The molecule has 0 nitrogen and oxygen atoms in total. The first kappa shape index (κ1) is 18.7. The zero-order valence-corrected chi connectivity index (χ0v) is 10.0. The summed E-state index contributed by atoms with van der Waals surface area (Å²) in [6.45, 7) is 13.5. The van der Waals surface area contributed by atoms with Crippen LogP contribution < -0.4 is 0 Å². The summed E-state index contributed by atoms with van der Waals surface area (Å²) in [6, 6.07) is 0. The molecule has 0 atom stereocenters. The van der Waals surface area contributed by atoms with Crippen LogP contribution in [0.4, 0.5) is 0 Å². The highest BCUT2D eigenvalue weighted by Crippen LogP contribution is 2.26. The second-order valence-corrected chi connectivity index (χ2v) is 4.33. The molecule has 0 aliphatic heterocycles. The van der Waals surface area contributed by atoms with Gasteiger partial charge in [-0.3, -0.25) is 0 Å². The van der Waals surface area contributed by atoms with Crippen molar-refractivity contribution in [2.45, 2.75) is 81.1 Å². The maximum Gasteiger partial charge on any atom is -0.0357 e. The lowest BCUT2D eigenvalue weighted by Crippen LogP contribution is -2.08. The molecule has 0 N–H and O–H groups in total. The van der Waals surface area contributed by atoms with Crippen molar-refractivity contribution in [3.8, 4) is 0 Å². The molecular weight excluding hydrogens is 156 g/mol. The van der Waals surface area contributed by atoms with Gasteiger partial charge in [-0.05, 0) is 11.8 Å². The van der Waals surface area contributed by atoms with Crippen molar-refractivity contribution < 1.29 is 0 Å². The van der Waals surface area contributed by atoms with Gasteiger partial charge in [-0.2, -0.15) is 0 Å². The SMILES string of the molecule is C.CCC.CCCCC(C)(C)CC. The lowest BCUT2D eigenvalue weighted by molar-refractivity contribution is 0.311. The Morgan fingerprint density at radius 3 is 1.54 bits per heavy atom. The van der Waals surface area contributed by atoms with E-state index >= 15 is 0 Å². The van der Waals surface area contributed by atoms with E-state index in [4.69, 9.17) is 0 Å². The third-order valence-electron chi connectivity index (χ3n) is 2.16. The second kappa shape index (κ2) is 12.0. The zero-order chi connectivity index (χ0) is 10.0. The first-order chi connectivity index (χ1) is 5.54. The van der Waals surface area contributed by atoms with Crippen molar-refractivity contribution in [3.63, 3.8) is 0 Å². The highest BCUT2D eigenvalue weighted by Gasteiger charge is 2.12. The molecule has 0 radical (unpaired) electrons. The van der Waals surface area contributed by atoms with Gasteiger partial charge in [-0.15, -0.1) is 0 Å². The predicted octanol–water partition coefficient (Wildman–Crippen LogP) is 5.67. The Kier molecular flexibility index (Phi) is 17.3. The second-order valence-electron chi connectivity index (χ2n) is 4.33. The Balaban J connectivity index is -0.000000220. The third-order valence-corrected chi connectivity index (χ3v) is 2.16. The van der Waals surface area contributed by atoms with Crippen molar-refractivity contribution in [2.24, 2.45) is 5.41 Å². The topological polar surface area (TPSA) is 0 Å². The van der Waals surface area contributed by atoms with E-state index in [9.17, 15) is 0 Å². The molecule has 0 saturated carbocycles. The molecular formula is C13H32. The molecule has 0 rings (SSSR count). The standard InChI is InChI=1S/C9H20.C3H8.CH4/c1-5-7-8-9(3,4)6-2;1-3-2;/h5-8H2,1-4H3;3H2,1-2H3;1H4. The molecule has 0 fully saturated rings. The Morgan fingerprint density at radius 2 is 1.31 bits per heavy atom.